The lowest BCUT2D eigenvalue weighted by molar-refractivity contribution is 0.0734. The number of nitrogens with zero attached hydrogens (tertiary/aromatic N) is 3. The maximum absolute atomic E-state index is 10.3. The SMILES string of the molecule is Cc1ncnc(N2CCC(C(O)CC(C)C)CC2)c1C. The number of hydrogen-bond donors (Lipinski definition) is 1. The van der Waals surface area contributed by atoms with Crippen LogP contribution in [-0.2, 0) is 0 Å². The van der Waals surface area contributed by atoms with Crippen LogP contribution in [0.2, 0.25) is 0 Å². The first-order valence-corrected chi connectivity index (χ1v) is 7.70. The van der Waals surface area contributed by atoms with Crippen LogP contribution in [-0.4, -0.2) is 34.3 Å². The molecule has 20 heavy (non-hydrogen) atoms. The third kappa shape index (κ3) is 3.48. The quantitative estimate of drug-likeness (QED) is 0.919. The number of aryl methyl sites for hydroxylation is 1. The lowest BCUT2D eigenvalue weighted by Gasteiger charge is -2.36. The Kier molecular flexibility index (Phi) is 4.97. The first-order chi connectivity index (χ1) is 9.49. The molecule has 1 aliphatic rings. The van der Waals surface area contributed by atoms with E-state index in [1.54, 1.807) is 6.33 Å². The highest BCUT2D eigenvalue weighted by Gasteiger charge is 2.26. The van der Waals surface area contributed by atoms with E-state index in [0.29, 0.717) is 11.8 Å². The molecular formula is C16H27N3O. The van der Waals surface area contributed by atoms with Crippen molar-refractivity contribution in [2.45, 2.75) is 53.1 Å². The summed E-state index contributed by atoms with van der Waals surface area (Å²) in [5, 5.41) is 10.3. The molecule has 1 fully saturated rings. The number of rotatable bonds is 4. The summed E-state index contributed by atoms with van der Waals surface area (Å²) in [6.45, 7) is 10.4. The molecule has 1 N–H and O–H groups in total. The number of anilines is 1. The van der Waals surface area contributed by atoms with Gasteiger partial charge in [-0.3, -0.25) is 0 Å². The van der Waals surface area contributed by atoms with Gasteiger partial charge in [-0.05, 0) is 44.9 Å². The monoisotopic (exact) mass is 277 g/mol. The summed E-state index contributed by atoms with van der Waals surface area (Å²) < 4.78 is 0. The van der Waals surface area contributed by atoms with Crippen LogP contribution in [0, 0.1) is 25.7 Å². The zero-order valence-electron chi connectivity index (χ0n) is 13.1. The summed E-state index contributed by atoms with van der Waals surface area (Å²) in [6.07, 6.45) is 4.52. The molecule has 1 saturated heterocycles. The molecule has 1 atom stereocenters. The predicted octanol–water partition coefficient (Wildman–Crippen LogP) is 2.72. The largest absolute Gasteiger partial charge is 0.393 e. The Balaban J connectivity index is 1.96. The van der Waals surface area contributed by atoms with Gasteiger partial charge in [0, 0.05) is 24.3 Å². The fraction of sp³-hybridized carbons (Fsp3) is 0.750. The zero-order chi connectivity index (χ0) is 14.7. The van der Waals surface area contributed by atoms with Gasteiger partial charge in [0.2, 0.25) is 0 Å². The first-order valence-electron chi connectivity index (χ1n) is 7.70. The second kappa shape index (κ2) is 6.53. The zero-order valence-corrected chi connectivity index (χ0v) is 13.1. The predicted molar refractivity (Wildman–Crippen MR) is 81.9 cm³/mol. The summed E-state index contributed by atoms with van der Waals surface area (Å²) in [5.74, 6) is 2.07. The molecule has 0 aromatic carbocycles. The molecule has 0 radical (unpaired) electrons. The van der Waals surface area contributed by atoms with Crippen LogP contribution < -0.4 is 4.90 Å². The van der Waals surface area contributed by atoms with Gasteiger partial charge in [0.15, 0.2) is 0 Å². The van der Waals surface area contributed by atoms with Gasteiger partial charge in [-0.25, -0.2) is 9.97 Å². The molecule has 4 heteroatoms. The number of piperidine rings is 1. The smallest absolute Gasteiger partial charge is 0.135 e. The Morgan fingerprint density at radius 3 is 2.50 bits per heavy atom. The van der Waals surface area contributed by atoms with E-state index < -0.39 is 0 Å². The Bertz CT molecular complexity index is 439. The van der Waals surface area contributed by atoms with E-state index in [1.165, 1.54) is 5.56 Å². The summed E-state index contributed by atoms with van der Waals surface area (Å²) in [7, 11) is 0. The van der Waals surface area contributed by atoms with Crippen LogP contribution in [0.3, 0.4) is 0 Å². The average Bonchev–Trinajstić information content (AvgIpc) is 2.41. The average molecular weight is 277 g/mol. The molecule has 112 valence electrons. The molecule has 0 aliphatic carbocycles. The van der Waals surface area contributed by atoms with Crippen LogP contribution in [0.25, 0.3) is 0 Å². The van der Waals surface area contributed by atoms with Crippen molar-refractivity contribution in [1.82, 2.24) is 9.97 Å². The number of hydrogen-bond acceptors (Lipinski definition) is 4. The van der Waals surface area contributed by atoms with E-state index in [2.05, 4.69) is 35.6 Å². The summed E-state index contributed by atoms with van der Waals surface area (Å²) in [4.78, 5) is 11.0. The van der Waals surface area contributed by atoms with Gasteiger partial charge in [-0.2, -0.15) is 0 Å². The minimum Gasteiger partial charge on any atom is -0.393 e. The molecule has 2 heterocycles. The summed E-state index contributed by atoms with van der Waals surface area (Å²) in [6, 6.07) is 0. The topological polar surface area (TPSA) is 49.2 Å². The van der Waals surface area contributed by atoms with Crippen molar-refractivity contribution in [1.29, 1.82) is 0 Å². The Labute approximate surface area is 122 Å². The van der Waals surface area contributed by atoms with Crippen LogP contribution in [0.1, 0.15) is 44.4 Å². The standard InChI is InChI=1S/C16H27N3O/c1-11(2)9-15(20)14-5-7-19(8-6-14)16-12(3)13(4)17-10-18-16/h10-11,14-15,20H,5-9H2,1-4H3. The summed E-state index contributed by atoms with van der Waals surface area (Å²) >= 11 is 0. The number of aromatic nitrogens is 2. The molecule has 1 aliphatic heterocycles. The Hall–Kier alpha value is -1.16. The third-order valence-corrected chi connectivity index (χ3v) is 4.41. The fourth-order valence-corrected chi connectivity index (χ4v) is 3.02. The molecule has 4 nitrogen and oxygen atoms in total. The molecule has 0 saturated carbocycles. The summed E-state index contributed by atoms with van der Waals surface area (Å²) in [5.41, 5.74) is 2.23. The molecular weight excluding hydrogens is 250 g/mol. The van der Waals surface area contributed by atoms with Crippen molar-refractivity contribution in [3.05, 3.63) is 17.6 Å². The fourth-order valence-electron chi connectivity index (χ4n) is 3.02. The van der Waals surface area contributed by atoms with Gasteiger partial charge < -0.3 is 10.0 Å². The van der Waals surface area contributed by atoms with E-state index >= 15 is 0 Å². The van der Waals surface area contributed by atoms with Crippen LogP contribution in [0.15, 0.2) is 6.33 Å². The highest BCUT2D eigenvalue weighted by Crippen LogP contribution is 2.28. The van der Waals surface area contributed by atoms with Crippen LogP contribution in [0.5, 0.6) is 0 Å². The Morgan fingerprint density at radius 2 is 1.90 bits per heavy atom. The van der Waals surface area contributed by atoms with Crippen molar-refractivity contribution in [2.75, 3.05) is 18.0 Å². The van der Waals surface area contributed by atoms with Gasteiger partial charge in [-0.1, -0.05) is 13.8 Å². The molecule has 0 spiro atoms. The van der Waals surface area contributed by atoms with Gasteiger partial charge in [0.1, 0.15) is 12.1 Å². The number of aliphatic hydroxyl groups is 1. The second-order valence-electron chi connectivity index (χ2n) is 6.43. The minimum absolute atomic E-state index is 0.148. The van der Waals surface area contributed by atoms with Gasteiger partial charge >= 0.3 is 0 Å². The Morgan fingerprint density at radius 1 is 1.25 bits per heavy atom. The van der Waals surface area contributed by atoms with Crippen molar-refractivity contribution in [2.24, 2.45) is 11.8 Å². The number of aliphatic hydroxyl groups excluding tert-OH is 1. The van der Waals surface area contributed by atoms with Gasteiger partial charge in [-0.15, -0.1) is 0 Å². The highest BCUT2D eigenvalue weighted by atomic mass is 16.3. The van der Waals surface area contributed by atoms with Crippen LogP contribution in [0.4, 0.5) is 5.82 Å². The highest BCUT2D eigenvalue weighted by molar-refractivity contribution is 5.47. The lowest BCUT2D eigenvalue weighted by Crippen LogP contribution is -2.39. The minimum atomic E-state index is -0.148. The van der Waals surface area contributed by atoms with Crippen LogP contribution >= 0.6 is 0 Å². The van der Waals surface area contributed by atoms with Crippen molar-refractivity contribution in [3.8, 4) is 0 Å². The molecule has 0 bridgehead atoms. The maximum atomic E-state index is 10.3. The molecule has 1 aromatic rings. The maximum Gasteiger partial charge on any atom is 0.135 e. The molecule has 1 unspecified atom stereocenters. The lowest BCUT2D eigenvalue weighted by atomic mass is 9.87. The van der Waals surface area contributed by atoms with E-state index in [1.807, 2.05) is 6.92 Å². The third-order valence-electron chi connectivity index (χ3n) is 4.41. The van der Waals surface area contributed by atoms with E-state index in [-0.39, 0.29) is 6.10 Å². The molecule has 2 rings (SSSR count). The molecule has 1 aromatic heterocycles. The normalized spacial score (nSPS) is 18.6. The van der Waals surface area contributed by atoms with Crippen molar-refractivity contribution < 1.29 is 5.11 Å². The van der Waals surface area contributed by atoms with E-state index in [9.17, 15) is 5.11 Å². The van der Waals surface area contributed by atoms with Gasteiger partial charge in [0.05, 0.1) is 6.10 Å². The second-order valence-corrected chi connectivity index (χ2v) is 6.43. The van der Waals surface area contributed by atoms with E-state index in [0.717, 1.165) is 43.9 Å². The van der Waals surface area contributed by atoms with Gasteiger partial charge in [0.25, 0.3) is 0 Å². The first kappa shape index (κ1) is 15.2. The van der Waals surface area contributed by atoms with Crippen molar-refractivity contribution in [3.63, 3.8) is 0 Å². The van der Waals surface area contributed by atoms with Crippen molar-refractivity contribution >= 4 is 5.82 Å². The van der Waals surface area contributed by atoms with E-state index in [4.69, 9.17) is 0 Å². The molecule has 0 amide bonds.